The molecule has 1 aliphatic rings. The molecule has 1 fully saturated rings. The molecule has 0 aromatic heterocycles. The number of benzene rings is 3. The maximum atomic E-state index is 13.0. The lowest BCUT2D eigenvalue weighted by molar-refractivity contribution is -0.118. The molecule has 3 aromatic rings. The zero-order chi connectivity index (χ0) is 23.8. The van der Waals surface area contributed by atoms with Gasteiger partial charge in [-0.15, -0.1) is 0 Å². The molecule has 1 aliphatic heterocycles. The molecule has 5 heteroatoms. The number of hydrogen-bond acceptors (Lipinski definition) is 4. The number of piperazine rings is 1. The largest absolute Gasteiger partial charge is 0.379 e. The van der Waals surface area contributed by atoms with E-state index in [-0.39, 0.29) is 0 Å². The van der Waals surface area contributed by atoms with E-state index < -0.39 is 5.54 Å². The van der Waals surface area contributed by atoms with E-state index in [1.54, 1.807) is 0 Å². The molecule has 176 valence electrons. The fraction of sp³-hybridized carbons (Fsp3) is 0.276. The van der Waals surface area contributed by atoms with Crippen molar-refractivity contribution < 1.29 is 4.79 Å². The lowest BCUT2D eigenvalue weighted by atomic mass is 9.76. The summed E-state index contributed by atoms with van der Waals surface area (Å²) >= 11 is 0. The normalized spacial score (nSPS) is 15.1. The van der Waals surface area contributed by atoms with Crippen LogP contribution in [0.15, 0.2) is 103 Å². The molecule has 1 N–H and O–H groups in total. The summed E-state index contributed by atoms with van der Waals surface area (Å²) in [4.78, 5) is 19.4. The summed E-state index contributed by atoms with van der Waals surface area (Å²) in [7, 11) is 4.10. The molecule has 0 bridgehead atoms. The van der Waals surface area contributed by atoms with Gasteiger partial charge in [-0.3, -0.25) is 9.69 Å². The van der Waals surface area contributed by atoms with Gasteiger partial charge in [0.05, 0.1) is 0 Å². The fourth-order valence-electron chi connectivity index (χ4n) is 4.75. The first-order valence-corrected chi connectivity index (χ1v) is 11.9. The minimum atomic E-state index is -0.809. The minimum absolute atomic E-state index is 0.785. The van der Waals surface area contributed by atoms with Crippen molar-refractivity contribution in [2.75, 3.05) is 46.8 Å². The number of nitrogens with zero attached hydrogens (tertiary/aromatic N) is 3. The van der Waals surface area contributed by atoms with E-state index in [2.05, 4.69) is 51.5 Å². The van der Waals surface area contributed by atoms with Crippen LogP contribution in [0.5, 0.6) is 0 Å². The number of carbonyl (C=O) groups excluding carboxylic acids is 1. The van der Waals surface area contributed by atoms with E-state index >= 15 is 0 Å². The lowest BCUT2D eigenvalue weighted by Gasteiger charge is -2.43. The van der Waals surface area contributed by atoms with Gasteiger partial charge in [0.25, 0.3) is 0 Å². The van der Waals surface area contributed by atoms with Crippen LogP contribution in [0.25, 0.3) is 0 Å². The van der Waals surface area contributed by atoms with Crippen LogP contribution >= 0.6 is 0 Å². The minimum Gasteiger partial charge on any atom is -0.379 e. The number of carbonyl (C=O) groups is 1. The van der Waals surface area contributed by atoms with Gasteiger partial charge >= 0.3 is 0 Å². The second-order valence-corrected chi connectivity index (χ2v) is 8.86. The summed E-state index contributed by atoms with van der Waals surface area (Å²) in [6.45, 7) is 4.74. The Balaban J connectivity index is 1.92. The number of nitrogens with one attached hydrogen (secondary N) is 1. The van der Waals surface area contributed by atoms with E-state index in [1.165, 1.54) is 0 Å². The number of likely N-dealkylation sites (N-methyl/N-ethyl adjacent to an activating group) is 1. The van der Waals surface area contributed by atoms with Gasteiger partial charge in [-0.1, -0.05) is 91.0 Å². The zero-order valence-electron chi connectivity index (χ0n) is 20.1. The van der Waals surface area contributed by atoms with Crippen LogP contribution in [0, 0.1) is 0 Å². The van der Waals surface area contributed by atoms with Crippen molar-refractivity contribution in [3.63, 3.8) is 0 Å². The summed E-state index contributed by atoms with van der Waals surface area (Å²) < 4.78 is 0. The Hall–Kier alpha value is -3.41. The zero-order valence-corrected chi connectivity index (χ0v) is 20.1. The predicted octanol–water partition coefficient (Wildman–Crippen LogP) is 3.75. The van der Waals surface area contributed by atoms with Crippen molar-refractivity contribution in [3.05, 3.63) is 120 Å². The van der Waals surface area contributed by atoms with E-state index in [1.807, 2.05) is 79.8 Å². The molecule has 1 saturated heterocycles. The van der Waals surface area contributed by atoms with Crippen molar-refractivity contribution in [2.45, 2.75) is 5.54 Å². The fourth-order valence-corrected chi connectivity index (χ4v) is 4.75. The number of amides is 1. The first-order chi connectivity index (χ1) is 16.7. The highest BCUT2D eigenvalue weighted by molar-refractivity contribution is 5.61. The van der Waals surface area contributed by atoms with Crippen molar-refractivity contribution in [3.8, 4) is 0 Å². The highest BCUT2D eigenvalue weighted by atomic mass is 16.1. The van der Waals surface area contributed by atoms with Gasteiger partial charge in [0.15, 0.2) is 0 Å². The van der Waals surface area contributed by atoms with E-state index in [0.717, 1.165) is 61.5 Å². The first kappa shape index (κ1) is 23.7. The van der Waals surface area contributed by atoms with Gasteiger partial charge in [-0.2, -0.15) is 0 Å². The molecule has 5 nitrogen and oxygen atoms in total. The van der Waals surface area contributed by atoms with Crippen LogP contribution in [0.4, 0.5) is 0 Å². The Labute approximate surface area is 203 Å². The molecular formula is C29H34N4O. The molecule has 0 spiro atoms. The maximum Gasteiger partial charge on any atom is 0.215 e. The van der Waals surface area contributed by atoms with Crippen LogP contribution in [0.2, 0.25) is 0 Å². The summed E-state index contributed by atoms with van der Waals surface area (Å²) in [5.41, 5.74) is 3.39. The van der Waals surface area contributed by atoms with Gasteiger partial charge in [-0.25, -0.2) is 0 Å². The van der Waals surface area contributed by atoms with Crippen LogP contribution < -0.4 is 5.32 Å². The van der Waals surface area contributed by atoms with Crippen molar-refractivity contribution >= 4 is 6.41 Å². The third-order valence-electron chi connectivity index (χ3n) is 6.53. The molecule has 0 saturated carbocycles. The standard InChI is InChI=1S/C29H34N4O/c1-31(2)28(22-32-20-18-30-19-21-32)23-33(24-34)29(25-12-6-3-7-13-25,26-14-8-4-9-15-26)27-16-10-5-11-17-27/h3-17,23-24,30H,18-22H2,1-2H3/b28-23-. The monoisotopic (exact) mass is 454 g/mol. The van der Waals surface area contributed by atoms with Crippen molar-refractivity contribution in [2.24, 2.45) is 0 Å². The van der Waals surface area contributed by atoms with Gasteiger partial charge < -0.3 is 15.1 Å². The molecule has 1 heterocycles. The van der Waals surface area contributed by atoms with Crippen molar-refractivity contribution in [1.82, 2.24) is 20.0 Å². The van der Waals surface area contributed by atoms with Crippen LogP contribution in [0.1, 0.15) is 16.7 Å². The Morgan fingerprint density at radius 2 is 1.26 bits per heavy atom. The second-order valence-electron chi connectivity index (χ2n) is 8.86. The van der Waals surface area contributed by atoms with Gasteiger partial charge in [0, 0.05) is 58.7 Å². The Morgan fingerprint density at radius 3 is 1.65 bits per heavy atom. The topological polar surface area (TPSA) is 38.8 Å². The van der Waals surface area contributed by atoms with Gasteiger partial charge in [0.2, 0.25) is 6.41 Å². The SMILES string of the molecule is CN(C)/C(=C\N(C=O)C(c1ccccc1)(c1ccccc1)c1ccccc1)CN1CCNCC1. The smallest absolute Gasteiger partial charge is 0.215 e. The highest BCUT2D eigenvalue weighted by Crippen LogP contribution is 2.42. The van der Waals surface area contributed by atoms with E-state index in [4.69, 9.17) is 0 Å². The molecule has 34 heavy (non-hydrogen) atoms. The second kappa shape index (κ2) is 11.1. The van der Waals surface area contributed by atoms with Crippen LogP contribution in [-0.2, 0) is 10.3 Å². The quantitative estimate of drug-likeness (QED) is 0.395. The third-order valence-corrected chi connectivity index (χ3v) is 6.53. The molecule has 0 atom stereocenters. The Kier molecular flexibility index (Phi) is 7.78. The molecule has 1 amide bonds. The summed E-state index contributed by atoms with van der Waals surface area (Å²) in [6, 6.07) is 30.9. The predicted molar refractivity (Wildman–Crippen MR) is 138 cm³/mol. The molecule has 0 unspecified atom stereocenters. The number of rotatable bonds is 9. The lowest BCUT2D eigenvalue weighted by Crippen LogP contribution is -2.47. The van der Waals surface area contributed by atoms with Crippen LogP contribution in [0.3, 0.4) is 0 Å². The molecule has 4 rings (SSSR count). The average molecular weight is 455 g/mol. The maximum absolute atomic E-state index is 13.0. The molecule has 0 radical (unpaired) electrons. The third kappa shape index (κ3) is 4.91. The molecule has 0 aliphatic carbocycles. The first-order valence-electron chi connectivity index (χ1n) is 11.9. The molecular weight excluding hydrogens is 420 g/mol. The average Bonchev–Trinajstić information content (AvgIpc) is 2.90. The van der Waals surface area contributed by atoms with E-state index in [9.17, 15) is 4.79 Å². The molecule has 3 aromatic carbocycles. The summed E-state index contributed by atoms with van der Waals surface area (Å²) in [6.07, 6.45) is 3.00. The van der Waals surface area contributed by atoms with Gasteiger partial charge in [0.1, 0.15) is 5.54 Å². The van der Waals surface area contributed by atoms with Crippen molar-refractivity contribution in [1.29, 1.82) is 0 Å². The van der Waals surface area contributed by atoms with Crippen LogP contribution in [-0.4, -0.2) is 67.9 Å². The Bertz CT molecular complexity index is 964. The highest BCUT2D eigenvalue weighted by Gasteiger charge is 2.41. The van der Waals surface area contributed by atoms with E-state index in [0.29, 0.717) is 0 Å². The Morgan fingerprint density at radius 1 is 0.824 bits per heavy atom. The summed E-state index contributed by atoms with van der Waals surface area (Å²) in [5, 5.41) is 3.42. The van der Waals surface area contributed by atoms with Gasteiger partial charge in [-0.05, 0) is 16.7 Å². The number of hydrogen-bond donors (Lipinski definition) is 1. The summed E-state index contributed by atoms with van der Waals surface area (Å²) in [5.74, 6) is 0.